The number of nitrogens with zero attached hydrogens (tertiary/aromatic N) is 3. The van der Waals surface area contributed by atoms with Crippen molar-refractivity contribution in [2.45, 2.75) is 126 Å². The van der Waals surface area contributed by atoms with Gasteiger partial charge in [0.1, 0.15) is 24.4 Å². The minimum absolute atomic E-state index is 0.0200. The molecule has 69 heavy (non-hydrogen) atoms. The van der Waals surface area contributed by atoms with E-state index in [2.05, 4.69) is 26.3 Å². The zero-order chi connectivity index (χ0) is 49.1. The lowest BCUT2D eigenvalue weighted by molar-refractivity contribution is -0.172. The summed E-state index contributed by atoms with van der Waals surface area (Å²) in [5, 5.41) is 22.2. The number of aliphatic hydroxyl groups is 1. The number of benzene rings is 2. The van der Waals surface area contributed by atoms with E-state index in [1.54, 1.807) is 45.0 Å². The molecule has 0 bridgehead atoms. The van der Waals surface area contributed by atoms with Crippen molar-refractivity contribution in [3.63, 3.8) is 0 Å². The van der Waals surface area contributed by atoms with Gasteiger partial charge < -0.3 is 40.4 Å². The molecule has 0 radical (unpaired) electrons. The summed E-state index contributed by atoms with van der Waals surface area (Å²) < 4.78 is 54.7. The minimum atomic E-state index is -3.40. The first kappa shape index (κ1) is 47.7. The first-order valence-corrected chi connectivity index (χ1v) is 25.5. The predicted octanol–water partition coefficient (Wildman–Crippen LogP) is 4.20. The van der Waals surface area contributed by atoms with Crippen molar-refractivity contribution in [2.75, 3.05) is 18.5 Å². The molecule has 4 aliphatic rings. The second kappa shape index (κ2) is 18.5. The Morgan fingerprint density at radius 3 is 2.48 bits per heavy atom. The van der Waals surface area contributed by atoms with Gasteiger partial charge in [-0.2, -0.15) is 0 Å². The van der Waals surface area contributed by atoms with Crippen molar-refractivity contribution in [3.05, 3.63) is 74.3 Å². The largest absolute Gasteiger partial charge is 0.490 e. The van der Waals surface area contributed by atoms with Crippen LogP contribution in [0.3, 0.4) is 0 Å². The summed E-state index contributed by atoms with van der Waals surface area (Å²) >= 11 is 1.12. The summed E-state index contributed by atoms with van der Waals surface area (Å²) in [4.78, 5) is 88.2. The molecule has 1 fully saturated rings. The van der Waals surface area contributed by atoms with Crippen LogP contribution in [0, 0.1) is 11.7 Å². The average Bonchev–Trinajstić information content (AvgIpc) is 4.00. The molecular weight excluding hydrogens is 934 g/mol. The Labute approximate surface area is 399 Å². The summed E-state index contributed by atoms with van der Waals surface area (Å²) in [6.07, 6.45) is 3.67. The number of rotatable bonds is 17. The lowest BCUT2D eigenvalue weighted by Gasteiger charge is -2.31. The molecule has 0 unspecified atom stereocenters. The molecule has 5 N–H and O–H groups in total. The van der Waals surface area contributed by atoms with Crippen molar-refractivity contribution in [3.8, 4) is 17.1 Å². The van der Waals surface area contributed by atoms with Crippen LogP contribution < -0.4 is 31.6 Å². The first-order valence-electron chi connectivity index (χ1n) is 23.2. The molecule has 18 nitrogen and oxygen atoms in total. The third-order valence-corrected chi connectivity index (χ3v) is 17.0. The Morgan fingerprint density at radius 2 is 1.74 bits per heavy atom. The highest BCUT2D eigenvalue weighted by atomic mass is 32.2. The molecule has 9 rings (SSSR count). The summed E-state index contributed by atoms with van der Waals surface area (Å²) in [5.41, 5.74) is 1.39. The average molecular weight is 986 g/mol. The minimum Gasteiger partial charge on any atom is -0.490 e. The molecule has 3 aliphatic heterocycles. The maximum Gasteiger partial charge on any atom is 0.343 e. The molecule has 4 amide bonds. The number of carbonyl (C=O) groups excluding carboxylic acids is 5. The van der Waals surface area contributed by atoms with E-state index >= 15 is 4.39 Å². The van der Waals surface area contributed by atoms with Crippen LogP contribution in [0.4, 0.5) is 10.1 Å². The summed E-state index contributed by atoms with van der Waals surface area (Å²) in [5.74, 6) is -3.90. The van der Waals surface area contributed by atoms with Crippen LogP contribution in [-0.4, -0.2) is 88.1 Å². The summed E-state index contributed by atoms with van der Waals surface area (Å²) in [6, 6.07) is 5.89. The van der Waals surface area contributed by atoms with Crippen LogP contribution >= 0.6 is 11.3 Å². The fourth-order valence-electron chi connectivity index (χ4n) is 9.20. The van der Waals surface area contributed by atoms with E-state index in [9.17, 15) is 42.3 Å². The van der Waals surface area contributed by atoms with Gasteiger partial charge in [-0.25, -0.2) is 27.6 Å². The number of nitrogens with one attached hydrogen (secondary N) is 4. The highest BCUT2D eigenvalue weighted by Gasteiger charge is 2.46. The molecule has 6 heterocycles. The number of esters is 1. The van der Waals surface area contributed by atoms with Gasteiger partial charge in [-0.1, -0.05) is 33.3 Å². The number of fused-ring (bicyclic) bond motifs is 6. The third-order valence-electron chi connectivity index (χ3n) is 13.3. The fourth-order valence-corrected chi connectivity index (χ4v) is 12.4. The Balaban J connectivity index is 0.773. The Bertz CT molecular complexity index is 3170. The highest BCUT2D eigenvalue weighted by Crippen LogP contribution is 2.46. The number of thiazole rings is 1. The lowest BCUT2D eigenvalue weighted by atomic mass is 9.86. The molecule has 0 saturated heterocycles. The topological polar surface area (TPSA) is 254 Å². The number of pyridine rings is 2. The number of cyclic esters (lactones) is 1. The SMILES string of the molecule is CC[C@@]1(O)C(=O)OCc2c1cc1n(c2=O)Cc2c-1nc1cc(F)c(NC(=O)[C@H](C)NC(=O)[C@@H](NC(=O)CCCCCNC(=O)Cc3ccc4nc(S(=O)(=O)C5CC5)sc4c3)C(C)C)c3c1c2CCO3. The number of hydrogen-bond acceptors (Lipinski definition) is 14. The molecule has 3 aromatic heterocycles. The lowest BCUT2D eigenvalue weighted by Crippen LogP contribution is -2.53. The van der Waals surface area contributed by atoms with Crippen LogP contribution in [0.25, 0.3) is 32.5 Å². The number of hydrogen-bond donors (Lipinski definition) is 5. The molecule has 0 spiro atoms. The Kier molecular flexibility index (Phi) is 12.8. The van der Waals surface area contributed by atoms with Crippen LogP contribution in [0.2, 0.25) is 0 Å². The van der Waals surface area contributed by atoms with Gasteiger partial charge in [0.25, 0.3) is 5.56 Å². The molecule has 364 valence electrons. The predicted molar refractivity (Wildman–Crippen MR) is 252 cm³/mol. The van der Waals surface area contributed by atoms with E-state index in [1.165, 1.54) is 11.5 Å². The van der Waals surface area contributed by atoms with Crippen LogP contribution in [-0.2, 0) is 70.1 Å². The molecule has 3 atom stereocenters. The quantitative estimate of drug-likeness (QED) is 0.0636. The van der Waals surface area contributed by atoms with Gasteiger partial charge >= 0.3 is 5.97 Å². The highest BCUT2D eigenvalue weighted by molar-refractivity contribution is 7.94. The van der Waals surface area contributed by atoms with Gasteiger partial charge in [0.05, 0.1) is 57.5 Å². The molecular formula is C48H52FN7O11S2. The maximum atomic E-state index is 16.0. The van der Waals surface area contributed by atoms with Gasteiger partial charge in [0.15, 0.2) is 17.2 Å². The van der Waals surface area contributed by atoms with Crippen molar-refractivity contribution in [1.29, 1.82) is 0 Å². The first-order chi connectivity index (χ1) is 32.9. The van der Waals surface area contributed by atoms with Crippen LogP contribution in [0.5, 0.6) is 5.75 Å². The van der Waals surface area contributed by atoms with Gasteiger partial charge in [-0.15, -0.1) is 11.3 Å². The number of unbranched alkanes of at least 4 members (excludes halogenated alkanes) is 2. The van der Waals surface area contributed by atoms with Crippen molar-refractivity contribution in [1.82, 2.24) is 30.5 Å². The second-order valence-electron chi connectivity index (χ2n) is 18.4. The number of amides is 4. The normalized spacial score (nSPS) is 17.9. The number of ether oxygens (including phenoxy) is 2. The number of anilines is 1. The van der Waals surface area contributed by atoms with Crippen molar-refractivity contribution >= 4 is 77.6 Å². The molecule has 1 saturated carbocycles. The number of carbonyl (C=O) groups is 5. The van der Waals surface area contributed by atoms with E-state index in [4.69, 9.17) is 14.5 Å². The molecule has 5 aromatic rings. The molecule has 2 aromatic carbocycles. The van der Waals surface area contributed by atoms with Gasteiger partial charge in [-0.3, -0.25) is 24.0 Å². The van der Waals surface area contributed by atoms with E-state index in [1.807, 2.05) is 0 Å². The smallest absolute Gasteiger partial charge is 0.343 e. The zero-order valence-corrected chi connectivity index (χ0v) is 40.1. The van der Waals surface area contributed by atoms with Gasteiger partial charge in [0, 0.05) is 42.0 Å². The maximum absolute atomic E-state index is 16.0. The van der Waals surface area contributed by atoms with E-state index in [-0.39, 0.29) is 94.4 Å². The zero-order valence-electron chi connectivity index (χ0n) is 38.5. The Hall–Kier alpha value is -6.32. The standard InChI is InChI=1S/C48H52FN7O11S2/c1-5-48(63)30-19-34-40-28(21-56(34)45(61)29(30)22-67-46(48)62)27-14-16-66-42-38(27)33(52-40)20-31(49)41(42)55-43(59)24(4)51-44(60)39(23(2)3)54-36(57)9-7-6-8-15-50-37(58)18-25-10-13-32-35(17-25)68-47(53-32)69(64,65)26-11-12-26/h10,13,17,19-20,23-24,26,39,63H,5-9,11-12,14-16,18,21-22H2,1-4H3,(H,50,58)(H,51,60)(H,54,57)(H,55,59)/t24-,39-,48-/m0/s1. The summed E-state index contributed by atoms with van der Waals surface area (Å²) in [7, 11) is -3.40. The number of aromatic nitrogens is 3. The second-order valence-corrected chi connectivity index (χ2v) is 21.9. The van der Waals surface area contributed by atoms with E-state index < -0.39 is 56.7 Å². The summed E-state index contributed by atoms with van der Waals surface area (Å²) in [6.45, 7) is 6.91. The van der Waals surface area contributed by atoms with Gasteiger partial charge in [0.2, 0.25) is 37.8 Å². The number of sulfone groups is 1. The van der Waals surface area contributed by atoms with E-state index in [0.29, 0.717) is 77.6 Å². The van der Waals surface area contributed by atoms with Crippen molar-refractivity contribution < 1.29 is 51.4 Å². The molecule has 21 heteroatoms. The van der Waals surface area contributed by atoms with Crippen LogP contribution in [0.15, 0.2) is 39.5 Å². The van der Waals surface area contributed by atoms with Crippen molar-refractivity contribution in [2.24, 2.45) is 5.92 Å². The number of halogens is 1. The fraction of sp³-hybridized carbons (Fsp3) is 0.458. The van der Waals surface area contributed by atoms with E-state index in [0.717, 1.165) is 28.5 Å². The molecule has 1 aliphatic carbocycles. The third kappa shape index (κ3) is 8.95. The Morgan fingerprint density at radius 1 is 0.957 bits per heavy atom. The monoisotopic (exact) mass is 985 g/mol. The van der Waals surface area contributed by atoms with Gasteiger partial charge in [-0.05, 0) is 74.3 Å². The van der Waals surface area contributed by atoms with Crippen LogP contribution in [0.1, 0.15) is 100 Å².